The summed E-state index contributed by atoms with van der Waals surface area (Å²) >= 11 is 5.97. The highest BCUT2D eigenvalue weighted by molar-refractivity contribution is 6.20. The van der Waals surface area contributed by atoms with E-state index in [0.717, 1.165) is 23.8 Å². The average molecular weight is 240 g/mol. The molecule has 0 aromatic carbocycles. The van der Waals surface area contributed by atoms with Crippen molar-refractivity contribution in [1.82, 2.24) is 19.6 Å². The molecule has 6 heteroatoms. The molecule has 2 aromatic rings. The van der Waals surface area contributed by atoms with Crippen LogP contribution in [0.3, 0.4) is 0 Å². The molecule has 0 spiro atoms. The van der Waals surface area contributed by atoms with Gasteiger partial charge in [0.1, 0.15) is 5.82 Å². The Balaban J connectivity index is 2.44. The Morgan fingerprint density at radius 3 is 2.94 bits per heavy atom. The number of anilines is 1. The van der Waals surface area contributed by atoms with E-state index in [9.17, 15) is 0 Å². The molecule has 1 atom stereocenters. The molecular formula is C10H14ClN5. The number of halogens is 1. The molecule has 5 nitrogen and oxygen atoms in total. The van der Waals surface area contributed by atoms with Gasteiger partial charge in [0.05, 0.1) is 0 Å². The first-order valence-corrected chi connectivity index (χ1v) is 5.55. The fourth-order valence-electron chi connectivity index (χ4n) is 1.66. The standard InChI is InChI=1S/C10H14ClN5/c1-7(11)6-15(3)9-10-14-13-8(2)16(10)5-4-12-9/h4-5,7H,6H2,1-3H3. The third-order valence-corrected chi connectivity index (χ3v) is 2.50. The van der Waals surface area contributed by atoms with Crippen LogP contribution in [0.4, 0.5) is 5.82 Å². The maximum Gasteiger partial charge on any atom is 0.203 e. The lowest BCUT2D eigenvalue weighted by atomic mass is 10.4. The van der Waals surface area contributed by atoms with Crippen molar-refractivity contribution in [3.8, 4) is 0 Å². The van der Waals surface area contributed by atoms with Crippen LogP contribution < -0.4 is 4.90 Å². The van der Waals surface area contributed by atoms with Crippen molar-refractivity contribution < 1.29 is 0 Å². The van der Waals surface area contributed by atoms with Gasteiger partial charge in [-0.05, 0) is 13.8 Å². The molecule has 0 saturated heterocycles. The summed E-state index contributed by atoms with van der Waals surface area (Å²) in [4.78, 5) is 6.30. The first-order valence-electron chi connectivity index (χ1n) is 5.11. The van der Waals surface area contributed by atoms with Crippen molar-refractivity contribution in [2.75, 3.05) is 18.5 Å². The predicted molar refractivity (Wildman–Crippen MR) is 64.1 cm³/mol. The summed E-state index contributed by atoms with van der Waals surface area (Å²) in [6.45, 7) is 4.58. The largest absolute Gasteiger partial charge is 0.355 e. The minimum atomic E-state index is 0.0658. The number of aryl methyl sites for hydroxylation is 1. The van der Waals surface area contributed by atoms with Crippen molar-refractivity contribution in [2.45, 2.75) is 19.2 Å². The Labute approximate surface area is 99.1 Å². The highest BCUT2D eigenvalue weighted by atomic mass is 35.5. The highest BCUT2D eigenvalue weighted by Gasteiger charge is 2.12. The average Bonchev–Trinajstić information content (AvgIpc) is 2.59. The minimum Gasteiger partial charge on any atom is -0.355 e. The van der Waals surface area contributed by atoms with Crippen LogP contribution in [0.1, 0.15) is 12.7 Å². The van der Waals surface area contributed by atoms with E-state index in [1.54, 1.807) is 6.20 Å². The number of fused-ring (bicyclic) bond motifs is 1. The first-order chi connectivity index (χ1) is 7.59. The van der Waals surface area contributed by atoms with Gasteiger partial charge in [0.2, 0.25) is 5.65 Å². The van der Waals surface area contributed by atoms with Crippen molar-refractivity contribution in [2.24, 2.45) is 0 Å². The van der Waals surface area contributed by atoms with Crippen molar-refractivity contribution in [3.63, 3.8) is 0 Å². The fourth-order valence-corrected chi connectivity index (χ4v) is 1.87. The number of rotatable bonds is 3. The SMILES string of the molecule is Cc1nnc2c(N(C)CC(C)Cl)nccn12. The number of alkyl halides is 1. The summed E-state index contributed by atoms with van der Waals surface area (Å²) in [6, 6.07) is 0. The molecule has 0 aliphatic carbocycles. The van der Waals surface area contributed by atoms with Crippen molar-refractivity contribution in [1.29, 1.82) is 0 Å². The second kappa shape index (κ2) is 4.25. The lowest BCUT2D eigenvalue weighted by Gasteiger charge is -2.19. The van der Waals surface area contributed by atoms with Gasteiger partial charge < -0.3 is 4.90 Å². The van der Waals surface area contributed by atoms with E-state index in [0.29, 0.717) is 0 Å². The number of hydrogen-bond donors (Lipinski definition) is 0. The van der Waals surface area contributed by atoms with Gasteiger partial charge >= 0.3 is 0 Å². The molecule has 2 rings (SSSR count). The van der Waals surface area contributed by atoms with Gasteiger partial charge in [0.25, 0.3) is 0 Å². The Bertz CT molecular complexity index is 493. The third kappa shape index (κ3) is 1.95. The van der Waals surface area contributed by atoms with Gasteiger partial charge in [-0.2, -0.15) is 0 Å². The lowest BCUT2D eigenvalue weighted by molar-refractivity contribution is 0.841. The van der Waals surface area contributed by atoms with Crippen molar-refractivity contribution in [3.05, 3.63) is 18.2 Å². The molecule has 0 N–H and O–H groups in total. The normalized spacial score (nSPS) is 13.0. The van der Waals surface area contributed by atoms with Gasteiger partial charge in [-0.1, -0.05) is 0 Å². The second-order valence-corrected chi connectivity index (χ2v) is 4.60. The number of aromatic nitrogens is 4. The van der Waals surface area contributed by atoms with Gasteiger partial charge in [-0.25, -0.2) is 4.98 Å². The van der Waals surface area contributed by atoms with Gasteiger partial charge in [0.15, 0.2) is 5.82 Å². The Morgan fingerprint density at radius 2 is 2.25 bits per heavy atom. The maximum absolute atomic E-state index is 5.97. The molecule has 0 aliphatic heterocycles. The van der Waals surface area contributed by atoms with E-state index in [1.165, 1.54) is 0 Å². The zero-order valence-corrected chi connectivity index (χ0v) is 10.3. The molecule has 0 amide bonds. The zero-order valence-electron chi connectivity index (χ0n) is 9.55. The quantitative estimate of drug-likeness (QED) is 0.762. The molecule has 0 radical (unpaired) electrons. The van der Waals surface area contributed by atoms with Crippen LogP contribution in [-0.4, -0.2) is 38.6 Å². The summed E-state index contributed by atoms with van der Waals surface area (Å²) in [5, 5.41) is 8.21. The molecule has 0 saturated carbocycles. The molecule has 86 valence electrons. The van der Waals surface area contributed by atoms with Crippen LogP contribution in [-0.2, 0) is 0 Å². The summed E-state index contributed by atoms with van der Waals surface area (Å²) < 4.78 is 1.91. The van der Waals surface area contributed by atoms with Crippen molar-refractivity contribution >= 4 is 23.1 Å². The topological polar surface area (TPSA) is 46.3 Å². The van der Waals surface area contributed by atoms with E-state index in [1.807, 2.05) is 36.4 Å². The molecule has 0 bridgehead atoms. The fraction of sp³-hybridized carbons (Fsp3) is 0.500. The van der Waals surface area contributed by atoms with E-state index >= 15 is 0 Å². The van der Waals surface area contributed by atoms with Crippen LogP contribution in [0.5, 0.6) is 0 Å². The molecule has 0 fully saturated rings. The summed E-state index contributed by atoms with van der Waals surface area (Å²) in [6.07, 6.45) is 3.60. The zero-order chi connectivity index (χ0) is 11.7. The molecule has 0 aliphatic rings. The van der Waals surface area contributed by atoms with E-state index < -0.39 is 0 Å². The smallest absolute Gasteiger partial charge is 0.203 e. The van der Waals surface area contributed by atoms with Gasteiger partial charge in [-0.3, -0.25) is 4.40 Å². The first kappa shape index (κ1) is 11.1. The predicted octanol–water partition coefficient (Wildman–Crippen LogP) is 1.50. The van der Waals surface area contributed by atoms with E-state index in [2.05, 4.69) is 15.2 Å². The number of hydrogen-bond acceptors (Lipinski definition) is 4. The molecular weight excluding hydrogens is 226 g/mol. The van der Waals surface area contributed by atoms with Crippen LogP contribution in [0.25, 0.3) is 5.65 Å². The van der Waals surface area contributed by atoms with Gasteiger partial charge in [0, 0.05) is 31.4 Å². The summed E-state index contributed by atoms with van der Waals surface area (Å²) in [5.74, 6) is 1.65. The summed E-state index contributed by atoms with van der Waals surface area (Å²) in [7, 11) is 1.95. The molecule has 16 heavy (non-hydrogen) atoms. The molecule has 2 heterocycles. The monoisotopic (exact) mass is 239 g/mol. The molecule has 1 unspecified atom stereocenters. The van der Waals surface area contributed by atoms with E-state index in [4.69, 9.17) is 11.6 Å². The summed E-state index contributed by atoms with van der Waals surface area (Å²) in [5.41, 5.74) is 0.764. The van der Waals surface area contributed by atoms with Crippen LogP contribution in [0, 0.1) is 6.92 Å². The number of nitrogens with zero attached hydrogens (tertiary/aromatic N) is 5. The second-order valence-electron chi connectivity index (χ2n) is 3.85. The lowest BCUT2D eigenvalue weighted by Crippen LogP contribution is -2.25. The molecule has 2 aromatic heterocycles. The Morgan fingerprint density at radius 1 is 1.50 bits per heavy atom. The third-order valence-electron chi connectivity index (χ3n) is 2.37. The van der Waals surface area contributed by atoms with E-state index in [-0.39, 0.29) is 5.38 Å². The van der Waals surface area contributed by atoms with Crippen LogP contribution >= 0.6 is 11.6 Å². The Kier molecular flexibility index (Phi) is 2.96. The van der Waals surface area contributed by atoms with Crippen LogP contribution in [0.2, 0.25) is 0 Å². The van der Waals surface area contributed by atoms with Gasteiger partial charge in [-0.15, -0.1) is 21.8 Å². The minimum absolute atomic E-state index is 0.0658. The van der Waals surface area contributed by atoms with Crippen LogP contribution in [0.15, 0.2) is 12.4 Å². The highest BCUT2D eigenvalue weighted by Crippen LogP contribution is 2.16. The Hall–Kier alpha value is -1.36. The maximum atomic E-state index is 5.97.